The van der Waals surface area contributed by atoms with Crippen LogP contribution in [0.5, 0.6) is 0 Å². The zero-order valence-electron chi connectivity index (χ0n) is 29.6. The first kappa shape index (κ1) is 31.1. The van der Waals surface area contributed by atoms with Gasteiger partial charge in [-0.05, 0) is 78.8 Å². The van der Waals surface area contributed by atoms with Crippen LogP contribution in [0.3, 0.4) is 0 Å². The molecule has 0 radical (unpaired) electrons. The summed E-state index contributed by atoms with van der Waals surface area (Å²) in [6, 6.07) is 65.8. The fourth-order valence-electron chi connectivity index (χ4n) is 8.02. The van der Waals surface area contributed by atoms with Crippen molar-refractivity contribution in [2.45, 2.75) is 0 Å². The molecule has 11 aromatic rings. The Morgan fingerprint density at radius 1 is 0.291 bits per heavy atom. The fourth-order valence-corrected chi connectivity index (χ4v) is 8.02. The summed E-state index contributed by atoms with van der Waals surface area (Å²) in [7, 11) is 0. The van der Waals surface area contributed by atoms with Gasteiger partial charge in [-0.1, -0.05) is 164 Å². The first-order chi connectivity index (χ1) is 27.2. The average Bonchev–Trinajstić information content (AvgIpc) is 3.64. The van der Waals surface area contributed by atoms with Crippen LogP contribution in [-0.4, -0.2) is 15.0 Å². The van der Waals surface area contributed by atoms with Crippen molar-refractivity contribution in [1.82, 2.24) is 15.0 Å². The maximum Gasteiger partial charge on any atom is 0.164 e. The fraction of sp³-hybridized carbons (Fsp3) is 0. The quantitative estimate of drug-likeness (QED) is 0.168. The molecule has 0 bridgehead atoms. The van der Waals surface area contributed by atoms with Crippen molar-refractivity contribution in [3.63, 3.8) is 0 Å². The lowest BCUT2D eigenvalue weighted by Gasteiger charge is -2.12. The van der Waals surface area contributed by atoms with Gasteiger partial charge < -0.3 is 4.42 Å². The third-order valence-corrected chi connectivity index (χ3v) is 10.7. The van der Waals surface area contributed by atoms with Crippen LogP contribution in [0.2, 0.25) is 0 Å². The Kier molecular flexibility index (Phi) is 7.14. The van der Waals surface area contributed by atoms with Crippen molar-refractivity contribution in [2.24, 2.45) is 0 Å². The van der Waals surface area contributed by atoms with Gasteiger partial charge in [-0.25, -0.2) is 15.0 Å². The van der Waals surface area contributed by atoms with Crippen molar-refractivity contribution < 1.29 is 4.42 Å². The Bertz CT molecular complexity index is 3250. The Balaban J connectivity index is 1.10. The smallest absolute Gasteiger partial charge is 0.164 e. The van der Waals surface area contributed by atoms with E-state index in [9.17, 15) is 0 Å². The SMILES string of the molecule is c1ccc(-c2nc(-c3ccc(-c4cccc5ccccc45)cc3)nc(-c3cc(-c4ccc5c(ccc6ccccc65)c4)c4c(c3)oc3ccccc34)n2)cc1. The molecule has 0 aliphatic heterocycles. The van der Waals surface area contributed by atoms with Crippen molar-refractivity contribution in [3.05, 3.63) is 188 Å². The molecule has 0 aliphatic carbocycles. The van der Waals surface area contributed by atoms with Crippen molar-refractivity contribution >= 4 is 54.3 Å². The van der Waals surface area contributed by atoms with Gasteiger partial charge in [0.05, 0.1) is 0 Å². The van der Waals surface area contributed by atoms with E-state index in [1.807, 2.05) is 42.5 Å². The molecule has 0 saturated carbocycles. The van der Waals surface area contributed by atoms with Gasteiger partial charge in [0.15, 0.2) is 17.5 Å². The Hall–Kier alpha value is -7.43. The van der Waals surface area contributed by atoms with E-state index < -0.39 is 0 Å². The van der Waals surface area contributed by atoms with Gasteiger partial charge in [-0.15, -0.1) is 0 Å². The minimum Gasteiger partial charge on any atom is -0.456 e. The lowest BCUT2D eigenvalue weighted by molar-refractivity contribution is 0.669. The molecule has 0 unspecified atom stereocenters. The molecule has 4 nitrogen and oxygen atoms in total. The van der Waals surface area contributed by atoms with E-state index in [1.54, 1.807) is 0 Å². The molecule has 9 aromatic carbocycles. The van der Waals surface area contributed by atoms with Gasteiger partial charge in [-0.2, -0.15) is 0 Å². The van der Waals surface area contributed by atoms with E-state index in [0.717, 1.165) is 55.3 Å². The van der Waals surface area contributed by atoms with E-state index >= 15 is 0 Å². The summed E-state index contributed by atoms with van der Waals surface area (Å²) >= 11 is 0. The number of aromatic nitrogens is 3. The topological polar surface area (TPSA) is 51.8 Å². The number of hydrogen-bond acceptors (Lipinski definition) is 4. The molecule has 0 aliphatic rings. The third-order valence-electron chi connectivity index (χ3n) is 10.7. The van der Waals surface area contributed by atoms with Crippen LogP contribution in [0.4, 0.5) is 0 Å². The minimum absolute atomic E-state index is 0.581. The monoisotopic (exact) mass is 701 g/mol. The summed E-state index contributed by atoms with van der Waals surface area (Å²) in [5.41, 5.74) is 8.82. The van der Waals surface area contributed by atoms with Crippen LogP contribution in [0.1, 0.15) is 0 Å². The van der Waals surface area contributed by atoms with Gasteiger partial charge in [0.2, 0.25) is 0 Å². The molecule has 256 valence electrons. The first-order valence-electron chi connectivity index (χ1n) is 18.5. The number of benzene rings is 9. The summed E-state index contributed by atoms with van der Waals surface area (Å²) < 4.78 is 6.57. The Morgan fingerprint density at radius 2 is 0.855 bits per heavy atom. The number of nitrogens with zero attached hydrogens (tertiary/aromatic N) is 3. The van der Waals surface area contributed by atoms with Gasteiger partial charge >= 0.3 is 0 Å². The number of fused-ring (bicyclic) bond motifs is 7. The number of furan rings is 1. The second kappa shape index (κ2) is 12.6. The summed E-state index contributed by atoms with van der Waals surface area (Å²) in [4.78, 5) is 15.3. The molecule has 4 heteroatoms. The average molecular weight is 702 g/mol. The molecule has 0 atom stereocenters. The molecule has 0 fully saturated rings. The predicted octanol–water partition coefficient (Wildman–Crippen LogP) is 13.6. The van der Waals surface area contributed by atoms with Crippen LogP contribution in [-0.2, 0) is 0 Å². The molecule has 0 spiro atoms. The highest BCUT2D eigenvalue weighted by Crippen LogP contribution is 2.41. The van der Waals surface area contributed by atoms with E-state index in [-0.39, 0.29) is 0 Å². The summed E-state index contributed by atoms with van der Waals surface area (Å²) in [6.45, 7) is 0. The number of hydrogen-bond donors (Lipinski definition) is 0. The largest absolute Gasteiger partial charge is 0.456 e. The second-order valence-electron chi connectivity index (χ2n) is 14.0. The van der Waals surface area contributed by atoms with Gasteiger partial charge in [0.25, 0.3) is 0 Å². The maximum atomic E-state index is 6.57. The highest BCUT2D eigenvalue weighted by molar-refractivity contribution is 6.15. The van der Waals surface area contributed by atoms with Crippen LogP contribution in [0, 0.1) is 0 Å². The van der Waals surface area contributed by atoms with E-state index in [4.69, 9.17) is 19.4 Å². The van der Waals surface area contributed by atoms with Gasteiger partial charge in [0, 0.05) is 27.5 Å². The Morgan fingerprint density at radius 3 is 1.65 bits per heavy atom. The van der Waals surface area contributed by atoms with Gasteiger partial charge in [-0.3, -0.25) is 0 Å². The molecule has 0 N–H and O–H groups in total. The molecule has 55 heavy (non-hydrogen) atoms. The van der Waals surface area contributed by atoms with Crippen molar-refractivity contribution in [1.29, 1.82) is 0 Å². The molecular formula is C51H31N3O. The third kappa shape index (κ3) is 5.34. The van der Waals surface area contributed by atoms with Crippen LogP contribution in [0.25, 0.3) is 111 Å². The first-order valence-corrected chi connectivity index (χ1v) is 18.5. The number of para-hydroxylation sites is 1. The molecule has 2 aromatic heterocycles. The predicted molar refractivity (Wildman–Crippen MR) is 227 cm³/mol. The molecule has 0 amide bonds. The number of rotatable bonds is 5. The maximum absolute atomic E-state index is 6.57. The molecular weight excluding hydrogens is 671 g/mol. The summed E-state index contributed by atoms with van der Waals surface area (Å²) in [6.07, 6.45) is 0. The van der Waals surface area contributed by atoms with Crippen LogP contribution in [0.15, 0.2) is 192 Å². The van der Waals surface area contributed by atoms with Gasteiger partial charge in [0.1, 0.15) is 11.2 Å². The van der Waals surface area contributed by atoms with E-state index in [1.165, 1.54) is 37.9 Å². The highest BCUT2D eigenvalue weighted by atomic mass is 16.3. The second-order valence-corrected chi connectivity index (χ2v) is 14.0. The normalized spacial score (nSPS) is 11.6. The van der Waals surface area contributed by atoms with Crippen LogP contribution < -0.4 is 0 Å². The molecule has 0 saturated heterocycles. The zero-order valence-corrected chi connectivity index (χ0v) is 29.6. The van der Waals surface area contributed by atoms with E-state index in [2.05, 4.69) is 146 Å². The highest BCUT2D eigenvalue weighted by Gasteiger charge is 2.19. The Labute approximate surface area is 317 Å². The lowest BCUT2D eigenvalue weighted by Crippen LogP contribution is -2.00. The lowest BCUT2D eigenvalue weighted by atomic mass is 9.93. The van der Waals surface area contributed by atoms with Crippen molar-refractivity contribution in [3.8, 4) is 56.4 Å². The van der Waals surface area contributed by atoms with E-state index in [0.29, 0.717) is 17.5 Å². The standard InChI is InChI=1S/C51H31N3O/c1-2-13-35(14-3-1)49-52-50(36-24-21-34(22-25-36)42-19-10-15-32-11-4-6-16-40(32)42)54-51(53-49)39-30-45(48-44-18-8-9-20-46(44)55-47(48)31-39)38-27-28-43-37(29-38)26-23-33-12-5-7-17-41(33)43/h1-31H. The zero-order chi connectivity index (χ0) is 36.3. The molecule has 2 heterocycles. The summed E-state index contributed by atoms with van der Waals surface area (Å²) in [5.74, 6) is 1.80. The van der Waals surface area contributed by atoms with Crippen molar-refractivity contribution in [2.75, 3.05) is 0 Å². The van der Waals surface area contributed by atoms with Crippen LogP contribution >= 0.6 is 0 Å². The minimum atomic E-state index is 0.581. The molecule has 11 rings (SSSR count). The summed E-state index contributed by atoms with van der Waals surface area (Å²) in [5, 5.41) is 9.48.